The van der Waals surface area contributed by atoms with E-state index in [9.17, 15) is 0 Å². The molecule has 0 aliphatic rings. The minimum atomic E-state index is 0.544. The number of nitrogens with zero attached hydrogens (tertiary/aromatic N) is 1. The standard InChI is InChI=1S/C13H16IN3S2/c14-12-4-3-11(19-12)6-8-17-13(15)16-7-5-10-2-1-9-18-10/h1-4,9H,5-8H2,(H3,15,16,17). The summed E-state index contributed by atoms with van der Waals surface area (Å²) in [5.74, 6) is 0.544. The molecule has 0 aromatic carbocycles. The third kappa shape index (κ3) is 5.50. The maximum atomic E-state index is 5.83. The van der Waals surface area contributed by atoms with Crippen LogP contribution in [-0.2, 0) is 12.8 Å². The number of nitrogens with one attached hydrogen (secondary N) is 1. The van der Waals surface area contributed by atoms with Crippen LogP contribution in [0.1, 0.15) is 9.75 Å². The first-order chi connectivity index (χ1) is 9.24. The maximum absolute atomic E-state index is 5.83. The molecule has 6 heteroatoms. The number of hydrogen-bond donors (Lipinski definition) is 2. The van der Waals surface area contributed by atoms with E-state index in [0.717, 1.165) is 25.9 Å². The molecule has 2 rings (SSSR count). The summed E-state index contributed by atoms with van der Waals surface area (Å²) >= 11 is 5.92. The van der Waals surface area contributed by atoms with Gasteiger partial charge in [-0.15, -0.1) is 22.7 Å². The Hall–Kier alpha value is -0.600. The van der Waals surface area contributed by atoms with Crippen molar-refractivity contribution < 1.29 is 0 Å². The molecule has 0 aliphatic heterocycles. The predicted molar refractivity (Wildman–Crippen MR) is 93.3 cm³/mol. The lowest BCUT2D eigenvalue weighted by atomic mass is 10.3. The second kappa shape index (κ2) is 7.86. The Balaban J connectivity index is 1.64. The van der Waals surface area contributed by atoms with Crippen LogP contribution >= 0.6 is 45.3 Å². The summed E-state index contributed by atoms with van der Waals surface area (Å²) in [7, 11) is 0. The molecule has 0 atom stereocenters. The van der Waals surface area contributed by atoms with Crippen molar-refractivity contribution >= 4 is 51.2 Å². The lowest BCUT2D eigenvalue weighted by Gasteiger charge is -2.04. The number of halogens is 1. The van der Waals surface area contributed by atoms with Crippen LogP contribution < -0.4 is 11.1 Å². The topological polar surface area (TPSA) is 50.4 Å². The van der Waals surface area contributed by atoms with Gasteiger partial charge in [0.2, 0.25) is 0 Å². The lowest BCUT2D eigenvalue weighted by Crippen LogP contribution is -2.33. The van der Waals surface area contributed by atoms with Gasteiger partial charge in [-0.05, 0) is 52.6 Å². The molecule has 3 N–H and O–H groups in total. The van der Waals surface area contributed by atoms with Gasteiger partial charge in [-0.25, -0.2) is 0 Å². The highest BCUT2D eigenvalue weighted by Gasteiger charge is 1.98. The van der Waals surface area contributed by atoms with Crippen LogP contribution in [0.25, 0.3) is 0 Å². The van der Waals surface area contributed by atoms with Crippen molar-refractivity contribution in [2.24, 2.45) is 10.7 Å². The van der Waals surface area contributed by atoms with Gasteiger partial charge in [-0.3, -0.25) is 4.99 Å². The van der Waals surface area contributed by atoms with Gasteiger partial charge < -0.3 is 11.1 Å². The summed E-state index contributed by atoms with van der Waals surface area (Å²) in [6.45, 7) is 1.58. The SMILES string of the molecule is NC(=NCCc1cccs1)NCCc1ccc(I)s1. The smallest absolute Gasteiger partial charge is 0.188 e. The zero-order valence-corrected chi connectivity index (χ0v) is 14.2. The Morgan fingerprint density at radius 2 is 2.16 bits per heavy atom. The Labute approximate surface area is 135 Å². The number of aliphatic imine (C=N–C) groups is 1. The molecule has 19 heavy (non-hydrogen) atoms. The summed E-state index contributed by atoms with van der Waals surface area (Å²) in [6, 6.07) is 8.49. The van der Waals surface area contributed by atoms with Crippen LogP contribution in [0.5, 0.6) is 0 Å². The van der Waals surface area contributed by atoms with Gasteiger partial charge in [-0.1, -0.05) is 6.07 Å². The lowest BCUT2D eigenvalue weighted by molar-refractivity contribution is 0.854. The van der Waals surface area contributed by atoms with Crippen LogP contribution in [0.4, 0.5) is 0 Å². The second-order valence-corrected chi connectivity index (χ2v) is 8.07. The molecule has 0 amide bonds. The molecule has 0 bridgehead atoms. The van der Waals surface area contributed by atoms with Crippen molar-refractivity contribution in [1.82, 2.24) is 5.32 Å². The van der Waals surface area contributed by atoms with Crippen molar-refractivity contribution in [2.75, 3.05) is 13.1 Å². The number of guanidine groups is 1. The Kier molecular flexibility index (Phi) is 6.12. The predicted octanol–water partition coefficient (Wildman–Crippen LogP) is 3.10. The van der Waals surface area contributed by atoms with E-state index in [0.29, 0.717) is 5.96 Å². The summed E-state index contributed by atoms with van der Waals surface area (Å²) in [6.07, 6.45) is 1.96. The van der Waals surface area contributed by atoms with Gasteiger partial charge >= 0.3 is 0 Å². The zero-order chi connectivity index (χ0) is 13.5. The Bertz CT molecular complexity index is 520. The molecule has 102 valence electrons. The number of nitrogens with two attached hydrogens (primary N) is 1. The third-order valence-corrected chi connectivity index (χ3v) is 5.42. The van der Waals surface area contributed by atoms with Gasteiger partial charge in [0, 0.05) is 29.3 Å². The van der Waals surface area contributed by atoms with Gasteiger partial charge in [0.15, 0.2) is 5.96 Å². The molecule has 2 aromatic heterocycles. The average molecular weight is 405 g/mol. The van der Waals surface area contributed by atoms with Gasteiger partial charge in [-0.2, -0.15) is 0 Å². The highest BCUT2D eigenvalue weighted by molar-refractivity contribution is 14.1. The molecular weight excluding hydrogens is 389 g/mol. The molecular formula is C13H16IN3S2. The van der Waals surface area contributed by atoms with Gasteiger partial charge in [0.1, 0.15) is 0 Å². The van der Waals surface area contributed by atoms with E-state index >= 15 is 0 Å². The minimum Gasteiger partial charge on any atom is -0.370 e. The summed E-state index contributed by atoms with van der Waals surface area (Å²) in [5.41, 5.74) is 5.83. The fourth-order valence-electron chi connectivity index (χ4n) is 1.60. The van der Waals surface area contributed by atoms with Crippen LogP contribution in [0.2, 0.25) is 0 Å². The summed E-state index contributed by atoms with van der Waals surface area (Å²) in [4.78, 5) is 7.06. The van der Waals surface area contributed by atoms with Crippen molar-refractivity contribution in [3.63, 3.8) is 0 Å². The van der Waals surface area contributed by atoms with E-state index in [1.165, 1.54) is 12.6 Å². The minimum absolute atomic E-state index is 0.544. The molecule has 0 saturated heterocycles. The molecule has 0 fully saturated rings. The molecule has 0 aliphatic carbocycles. The molecule has 2 heterocycles. The van der Waals surface area contributed by atoms with E-state index in [1.54, 1.807) is 11.3 Å². The first kappa shape index (κ1) is 14.8. The zero-order valence-electron chi connectivity index (χ0n) is 10.4. The monoisotopic (exact) mass is 405 g/mol. The first-order valence-corrected chi connectivity index (χ1v) is 8.82. The molecule has 0 unspecified atom stereocenters. The van der Waals surface area contributed by atoms with Crippen LogP contribution in [0.3, 0.4) is 0 Å². The molecule has 2 aromatic rings. The van der Waals surface area contributed by atoms with E-state index in [1.807, 2.05) is 11.3 Å². The summed E-state index contributed by atoms with van der Waals surface area (Å²) in [5, 5.41) is 5.24. The molecule has 3 nitrogen and oxygen atoms in total. The van der Waals surface area contributed by atoms with Crippen molar-refractivity contribution in [3.05, 3.63) is 42.3 Å². The molecule has 0 spiro atoms. The van der Waals surface area contributed by atoms with Crippen molar-refractivity contribution in [3.8, 4) is 0 Å². The van der Waals surface area contributed by atoms with Gasteiger partial charge in [0.05, 0.1) is 2.88 Å². The molecule has 0 saturated carbocycles. The fourth-order valence-corrected chi connectivity index (χ4v) is 4.05. The van der Waals surface area contributed by atoms with Crippen molar-refractivity contribution in [2.45, 2.75) is 12.8 Å². The highest BCUT2D eigenvalue weighted by atomic mass is 127. The Morgan fingerprint density at radius 1 is 1.26 bits per heavy atom. The van der Waals surface area contributed by atoms with E-state index in [2.05, 4.69) is 62.5 Å². The molecule has 0 radical (unpaired) electrons. The van der Waals surface area contributed by atoms with Crippen LogP contribution in [0, 0.1) is 2.88 Å². The van der Waals surface area contributed by atoms with Crippen LogP contribution in [0.15, 0.2) is 34.6 Å². The van der Waals surface area contributed by atoms with E-state index in [4.69, 9.17) is 5.73 Å². The summed E-state index contributed by atoms with van der Waals surface area (Å²) < 4.78 is 1.32. The number of rotatable bonds is 6. The Morgan fingerprint density at radius 3 is 2.84 bits per heavy atom. The van der Waals surface area contributed by atoms with Crippen molar-refractivity contribution in [1.29, 1.82) is 0 Å². The van der Waals surface area contributed by atoms with Crippen LogP contribution in [-0.4, -0.2) is 19.0 Å². The van der Waals surface area contributed by atoms with E-state index in [-0.39, 0.29) is 0 Å². The van der Waals surface area contributed by atoms with E-state index < -0.39 is 0 Å². The number of hydrogen-bond acceptors (Lipinski definition) is 3. The average Bonchev–Trinajstić information content (AvgIpc) is 3.01. The number of thiophene rings is 2. The van der Waals surface area contributed by atoms with Gasteiger partial charge in [0.25, 0.3) is 0 Å². The first-order valence-electron chi connectivity index (χ1n) is 6.04. The normalized spacial score (nSPS) is 11.7. The largest absolute Gasteiger partial charge is 0.370 e. The maximum Gasteiger partial charge on any atom is 0.188 e. The second-order valence-electron chi connectivity index (χ2n) is 3.98. The third-order valence-electron chi connectivity index (χ3n) is 2.53. The fraction of sp³-hybridized carbons (Fsp3) is 0.308. The highest BCUT2D eigenvalue weighted by Crippen LogP contribution is 2.18. The quantitative estimate of drug-likeness (QED) is 0.441.